The Labute approximate surface area is 125 Å². The normalized spacial score (nSPS) is 15.7. The summed E-state index contributed by atoms with van der Waals surface area (Å²) >= 11 is 0. The van der Waals surface area contributed by atoms with Gasteiger partial charge in [0.1, 0.15) is 0 Å². The van der Waals surface area contributed by atoms with Gasteiger partial charge in [-0.25, -0.2) is 5.01 Å². The summed E-state index contributed by atoms with van der Waals surface area (Å²) in [5.74, 6) is 0. The molecular formula is C17H20N4. The number of hydrogen-bond donors (Lipinski definition) is 1. The van der Waals surface area contributed by atoms with E-state index in [9.17, 15) is 0 Å². The summed E-state index contributed by atoms with van der Waals surface area (Å²) < 4.78 is 0. The number of piperazine rings is 1. The molecule has 0 bridgehead atoms. The SMILES string of the molecule is C=C(NN1CCN(c2ccccc2)CC1)c1ccncc1. The van der Waals surface area contributed by atoms with Gasteiger partial charge < -0.3 is 10.3 Å². The summed E-state index contributed by atoms with van der Waals surface area (Å²) in [7, 11) is 0. The third-order valence-electron chi connectivity index (χ3n) is 3.72. The van der Waals surface area contributed by atoms with Crippen LogP contribution >= 0.6 is 0 Å². The Morgan fingerprint density at radius 3 is 2.29 bits per heavy atom. The second-order valence-corrected chi connectivity index (χ2v) is 5.14. The van der Waals surface area contributed by atoms with E-state index < -0.39 is 0 Å². The predicted octanol–water partition coefficient (Wildman–Crippen LogP) is 2.38. The minimum atomic E-state index is 0.922. The molecule has 108 valence electrons. The highest BCUT2D eigenvalue weighted by molar-refractivity contribution is 5.60. The zero-order valence-electron chi connectivity index (χ0n) is 12.1. The first-order valence-electron chi connectivity index (χ1n) is 7.24. The molecule has 1 aromatic heterocycles. The number of aromatic nitrogens is 1. The molecule has 0 radical (unpaired) electrons. The van der Waals surface area contributed by atoms with Crippen LogP contribution in [0.15, 0.2) is 61.4 Å². The molecule has 21 heavy (non-hydrogen) atoms. The summed E-state index contributed by atoms with van der Waals surface area (Å²) in [5, 5.41) is 2.22. The van der Waals surface area contributed by atoms with Gasteiger partial charge in [0.25, 0.3) is 0 Å². The number of pyridine rings is 1. The average Bonchev–Trinajstić information content (AvgIpc) is 2.57. The van der Waals surface area contributed by atoms with Gasteiger partial charge >= 0.3 is 0 Å². The van der Waals surface area contributed by atoms with Crippen LogP contribution in [0.25, 0.3) is 5.70 Å². The third kappa shape index (κ3) is 3.41. The minimum Gasteiger partial charge on any atom is -0.369 e. The minimum absolute atomic E-state index is 0.922. The number of anilines is 1. The van der Waals surface area contributed by atoms with E-state index in [1.54, 1.807) is 12.4 Å². The molecule has 0 aliphatic carbocycles. The van der Waals surface area contributed by atoms with Crippen LogP contribution in [0.1, 0.15) is 5.56 Å². The Hall–Kier alpha value is -2.33. The standard InChI is InChI=1S/C17H20N4/c1-15(16-7-9-18-10-8-16)19-21-13-11-20(12-14-21)17-5-3-2-4-6-17/h2-10,19H,1,11-14H2. The maximum atomic E-state index is 4.10. The molecule has 0 atom stereocenters. The zero-order valence-corrected chi connectivity index (χ0v) is 12.1. The fraction of sp³-hybridized carbons (Fsp3) is 0.235. The molecule has 4 heteroatoms. The fourth-order valence-corrected chi connectivity index (χ4v) is 2.52. The molecule has 1 aliphatic heterocycles. The van der Waals surface area contributed by atoms with Gasteiger partial charge in [-0.2, -0.15) is 0 Å². The zero-order chi connectivity index (χ0) is 14.5. The number of nitrogens with zero attached hydrogens (tertiary/aromatic N) is 3. The second-order valence-electron chi connectivity index (χ2n) is 5.14. The summed E-state index contributed by atoms with van der Waals surface area (Å²) in [6, 6.07) is 14.5. The van der Waals surface area contributed by atoms with Crippen LogP contribution in [0.5, 0.6) is 0 Å². The van der Waals surface area contributed by atoms with Gasteiger partial charge in [-0.15, -0.1) is 0 Å². The summed E-state index contributed by atoms with van der Waals surface area (Å²) in [6.45, 7) is 8.07. The summed E-state index contributed by atoms with van der Waals surface area (Å²) in [4.78, 5) is 6.44. The van der Waals surface area contributed by atoms with E-state index in [4.69, 9.17) is 0 Å². The van der Waals surface area contributed by atoms with Crippen LogP contribution in [0.4, 0.5) is 5.69 Å². The number of benzene rings is 1. The van der Waals surface area contributed by atoms with Gasteiger partial charge in [-0.05, 0) is 24.3 Å². The van der Waals surface area contributed by atoms with E-state index in [0.29, 0.717) is 0 Å². The Morgan fingerprint density at radius 1 is 0.952 bits per heavy atom. The molecule has 2 aromatic rings. The Bertz CT molecular complexity index is 574. The molecule has 1 saturated heterocycles. The lowest BCUT2D eigenvalue weighted by Crippen LogP contribution is -2.51. The second kappa shape index (κ2) is 6.41. The maximum absolute atomic E-state index is 4.10. The van der Waals surface area contributed by atoms with Crippen molar-refractivity contribution in [3.8, 4) is 0 Å². The molecule has 4 nitrogen and oxygen atoms in total. The van der Waals surface area contributed by atoms with Crippen molar-refractivity contribution < 1.29 is 0 Å². The van der Waals surface area contributed by atoms with E-state index in [-0.39, 0.29) is 0 Å². The van der Waals surface area contributed by atoms with Crippen LogP contribution in [0, 0.1) is 0 Å². The van der Waals surface area contributed by atoms with E-state index in [0.717, 1.165) is 37.4 Å². The van der Waals surface area contributed by atoms with Crippen molar-refractivity contribution in [3.63, 3.8) is 0 Å². The lowest BCUT2D eigenvalue weighted by atomic mass is 10.2. The molecule has 3 rings (SSSR count). The molecule has 0 amide bonds. The van der Waals surface area contributed by atoms with Crippen molar-refractivity contribution in [1.29, 1.82) is 0 Å². The number of hydrazine groups is 1. The maximum Gasteiger partial charge on any atom is 0.0491 e. The van der Waals surface area contributed by atoms with Crippen molar-refractivity contribution in [2.24, 2.45) is 0 Å². The molecule has 1 fully saturated rings. The number of hydrogen-bond acceptors (Lipinski definition) is 4. The van der Waals surface area contributed by atoms with Crippen molar-refractivity contribution in [3.05, 3.63) is 67.0 Å². The highest BCUT2D eigenvalue weighted by Crippen LogP contribution is 2.16. The van der Waals surface area contributed by atoms with Crippen molar-refractivity contribution in [1.82, 2.24) is 15.4 Å². The van der Waals surface area contributed by atoms with E-state index >= 15 is 0 Å². The molecule has 1 N–H and O–H groups in total. The molecular weight excluding hydrogens is 260 g/mol. The van der Waals surface area contributed by atoms with E-state index in [1.165, 1.54) is 5.69 Å². The summed E-state index contributed by atoms with van der Waals surface area (Å²) in [6.07, 6.45) is 3.57. The summed E-state index contributed by atoms with van der Waals surface area (Å²) in [5.41, 5.74) is 6.69. The number of rotatable bonds is 4. The molecule has 2 heterocycles. The van der Waals surface area contributed by atoms with Crippen molar-refractivity contribution in [2.75, 3.05) is 31.1 Å². The van der Waals surface area contributed by atoms with E-state index in [1.807, 2.05) is 12.1 Å². The fourth-order valence-electron chi connectivity index (χ4n) is 2.52. The lowest BCUT2D eigenvalue weighted by molar-refractivity contribution is 0.215. The first kappa shape index (κ1) is 13.6. The lowest BCUT2D eigenvalue weighted by Gasteiger charge is -2.36. The first-order valence-corrected chi connectivity index (χ1v) is 7.24. The smallest absolute Gasteiger partial charge is 0.0491 e. The van der Waals surface area contributed by atoms with Gasteiger partial charge in [0.15, 0.2) is 0 Å². The number of nitrogens with one attached hydrogen (secondary N) is 1. The van der Waals surface area contributed by atoms with Gasteiger partial charge in [0, 0.05) is 55.5 Å². The van der Waals surface area contributed by atoms with Gasteiger partial charge in [-0.3, -0.25) is 4.98 Å². The Kier molecular flexibility index (Phi) is 4.17. The number of para-hydroxylation sites is 1. The molecule has 1 aromatic carbocycles. The largest absolute Gasteiger partial charge is 0.369 e. The van der Waals surface area contributed by atoms with Crippen LogP contribution in [-0.2, 0) is 0 Å². The Balaban J connectivity index is 1.53. The molecule has 0 unspecified atom stereocenters. The van der Waals surface area contributed by atoms with Crippen molar-refractivity contribution in [2.45, 2.75) is 0 Å². The first-order chi connectivity index (χ1) is 10.3. The molecule has 0 spiro atoms. The topological polar surface area (TPSA) is 31.4 Å². The average molecular weight is 280 g/mol. The highest BCUT2D eigenvalue weighted by Gasteiger charge is 2.17. The molecule has 0 saturated carbocycles. The van der Waals surface area contributed by atoms with Crippen LogP contribution in [-0.4, -0.2) is 36.2 Å². The van der Waals surface area contributed by atoms with Crippen LogP contribution in [0.3, 0.4) is 0 Å². The molecule has 1 aliphatic rings. The predicted molar refractivity (Wildman–Crippen MR) is 86.6 cm³/mol. The highest BCUT2D eigenvalue weighted by atomic mass is 15.5. The monoisotopic (exact) mass is 280 g/mol. The van der Waals surface area contributed by atoms with Crippen LogP contribution < -0.4 is 10.3 Å². The van der Waals surface area contributed by atoms with Crippen LogP contribution in [0.2, 0.25) is 0 Å². The van der Waals surface area contributed by atoms with Gasteiger partial charge in [-0.1, -0.05) is 24.8 Å². The quantitative estimate of drug-likeness (QED) is 0.932. The third-order valence-corrected chi connectivity index (χ3v) is 3.72. The van der Waals surface area contributed by atoms with Crippen molar-refractivity contribution >= 4 is 11.4 Å². The van der Waals surface area contributed by atoms with E-state index in [2.05, 4.69) is 57.2 Å². The van der Waals surface area contributed by atoms with Gasteiger partial charge in [0.05, 0.1) is 0 Å². The Morgan fingerprint density at radius 2 is 1.62 bits per heavy atom. The van der Waals surface area contributed by atoms with Gasteiger partial charge in [0.2, 0.25) is 0 Å².